The lowest BCUT2D eigenvalue weighted by Crippen LogP contribution is -1.99. The summed E-state index contributed by atoms with van der Waals surface area (Å²) in [5, 5.41) is 0.646. The normalized spacial score (nSPS) is 10.2. The van der Waals surface area contributed by atoms with Crippen LogP contribution >= 0.6 is 11.6 Å². The summed E-state index contributed by atoms with van der Waals surface area (Å²) in [7, 11) is 1.58. The molecule has 0 radical (unpaired) electrons. The Morgan fingerprint density at radius 2 is 2.14 bits per heavy atom. The van der Waals surface area contributed by atoms with Crippen LogP contribution in [0.15, 0.2) is 18.2 Å². The van der Waals surface area contributed by atoms with E-state index in [0.717, 1.165) is 12.8 Å². The van der Waals surface area contributed by atoms with Gasteiger partial charge < -0.3 is 9.47 Å². The maximum atomic E-state index is 6.02. The van der Waals surface area contributed by atoms with Gasteiger partial charge >= 0.3 is 0 Å². The SMILES string of the molecule is CCCc1ccc(OCOC)c(Cl)c1. The maximum absolute atomic E-state index is 6.02. The van der Waals surface area contributed by atoms with Gasteiger partial charge in [0.05, 0.1) is 5.02 Å². The molecule has 0 fully saturated rings. The van der Waals surface area contributed by atoms with E-state index in [2.05, 4.69) is 6.92 Å². The van der Waals surface area contributed by atoms with Crippen molar-refractivity contribution < 1.29 is 9.47 Å². The molecule has 0 aliphatic rings. The van der Waals surface area contributed by atoms with E-state index in [1.54, 1.807) is 7.11 Å². The van der Waals surface area contributed by atoms with Crippen molar-refractivity contribution in [3.8, 4) is 5.75 Å². The number of methoxy groups -OCH3 is 1. The Morgan fingerprint density at radius 3 is 2.71 bits per heavy atom. The highest BCUT2D eigenvalue weighted by Gasteiger charge is 2.02. The van der Waals surface area contributed by atoms with E-state index in [1.807, 2.05) is 18.2 Å². The van der Waals surface area contributed by atoms with Crippen molar-refractivity contribution in [2.75, 3.05) is 13.9 Å². The number of rotatable bonds is 5. The van der Waals surface area contributed by atoms with E-state index < -0.39 is 0 Å². The van der Waals surface area contributed by atoms with Crippen molar-refractivity contribution >= 4 is 11.6 Å². The van der Waals surface area contributed by atoms with Gasteiger partial charge in [-0.05, 0) is 24.1 Å². The first-order chi connectivity index (χ1) is 6.77. The molecule has 0 N–H and O–H groups in total. The summed E-state index contributed by atoms with van der Waals surface area (Å²) in [5.74, 6) is 0.674. The molecule has 1 aromatic carbocycles. The lowest BCUT2D eigenvalue weighted by molar-refractivity contribution is 0.0512. The molecule has 0 aliphatic heterocycles. The van der Waals surface area contributed by atoms with Gasteiger partial charge in [0.2, 0.25) is 0 Å². The van der Waals surface area contributed by atoms with Crippen LogP contribution < -0.4 is 4.74 Å². The fourth-order valence-electron chi connectivity index (χ4n) is 1.23. The van der Waals surface area contributed by atoms with Crippen molar-refractivity contribution in [2.45, 2.75) is 19.8 Å². The molecule has 2 nitrogen and oxygen atoms in total. The Kier molecular flexibility index (Phi) is 4.77. The van der Waals surface area contributed by atoms with Gasteiger partial charge in [0.25, 0.3) is 0 Å². The number of aryl methyl sites for hydroxylation is 1. The molecule has 3 heteroatoms. The summed E-state index contributed by atoms with van der Waals surface area (Å²) in [6, 6.07) is 5.85. The van der Waals surface area contributed by atoms with E-state index in [0.29, 0.717) is 10.8 Å². The number of ether oxygens (including phenoxy) is 2. The van der Waals surface area contributed by atoms with Crippen LogP contribution in [0, 0.1) is 0 Å². The molecule has 1 rings (SSSR count). The van der Waals surface area contributed by atoms with Gasteiger partial charge in [-0.1, -0.05) is 31.0 Å². The van der Waals surface area contributed by atoms with E-state index >= 15 is 0 Å². The third kappa shape index (κ3) is 3.20. The molecule has 0 saturated carbocycles. The smallest absolute Gasteiger partial charge is 0.188 e. The zero-order chi connectivity index (χ0) is 10.4. The molecular formula is C11H15ClO2. The minimum atomic E-state index is 0.229. The Labute approximate surface area is 89.8 Å². The standard InChI is InChI=1S/C11H15ClO2/c1-3-4-9-5-6-11(10(12)7-9)14-8-13-2/h5-7H,3-4,8H2,1-2H3. The second kappa shape index (κ2) is 5.89. The lowest BCUT2D eigenvalue weighted by Gasteiger charge is -2.07. The average Bonchev–Trinajstić information content (AvgIpc) is 2.17. The van der Waals surface area contributed by atoms with Crippen molar-refractivity contribution in [1.82, 2.24) is 0 Å². The Morgan fingerprint density at radius 1 is 1.36 bits per heavy atom. The fourth-order valence-corrected chi connectivity index (χ4v) is 1.49. The van der Waals surface area contributed by atoms with Gasteiger partial charge in [-0.25, -0.2) is 0 Å². The third-order valence-electron chi connectivity index (χ3n) is 1.87. The van der Waals surface area contributed by atoms with E-state index in [9.17, 15) is 0 Å². The largest absolute Gasteiger partial charge is 0.466 e. The molecule has 0 unspecified atom stereocenters. The molecular weight excluding hydrogens is 200 g/mol. The lowest BCUT2D eigenvalue weighted by atomic mass is 10.1. The number of hydrogen-bond donors (Lipinski definition) is 0. The molecule has 0 bridgehead atoms. The van der Waals surface area contributed by atoms with Crippen LogP contribution in [0.25, 0.3) is 0 Å². The fraction of sp³-hybridized carbons (Fsp3) is 0.455. The van der Waals surface area contributed by atoms with E-state index in [4.69, 9.17) is 21.1 Å². The minimum absolute atomic E-state index is 0.229. The van der Waals surface area contributed by atoms with Crippen molar-refractivity contribution in [3.05, 3.63) is 28.8 Å². The molecule has 0 spiro atoms. The third-order valence-corrected chi connectivity index (χ3v) is 2.16. The minimum Gasteiger partial charge on any atom is -0.466 e. The monoisotopic (exact) mass is 214 g/mol. The first kappa shape index (κ1) is 11.3. The van der Waals surface area contributed by atoms with Gasteiger partial charge in [-0.2, -0.15) is 0 Å². The Hall–Kier alpha value is -0.730. The molecule has 0 heterocycles. The highest BCUT2D eigenvalue weighted by atomic mass is 35.5. The van der Waals surface area contributed by atoms with Crippen LogP contribution in [-0.4, -0.2) is 13.9 Å². The number of hydrogen-bond acceptors (Lipinski definition) is 2. The van der Waals surface area contributed by atoms with Gasteiger partial charge in [0.1, 0.15) is 5.75 Å². The molecule has 0 atom stereocenters. The molecule has 78 valence electrons. The van der Waals surface area contributed by atoms with Crippen LogP contribution in [0.5, 0.6) is 5.75 Å². The molecule has 14 heavy (non-hydrogen) atoms. The predicted molar refractivity (Wildman–Crippen MR) is 58.0 cm³/mol. The zero-order valence-electron chi connectivity index (χ0n) is 8.55. The first-order valence-electron chi connectivity index (χ1n) is 4.68. The highest BCUT2D eigenvalue weighted by molar-refractivity contribution is 6.32. The summed E-state index contributed by atoms with van der Waals surface area (Å²) in [5.41, 5.74) is 1.24. The van der Waals surface area contributed by atoms with Crippen LogP contribution in [0.4, 0.5) is 0 Å². The summed E-state index contributed by atoms with van der Waals surface area (Å²) in [4.78, 5) is 0. The second-order valence-electron chi connectivity index (χ2n) is 3.07. The predicted octanol–water partition coefficient (Wildman–Crippen LogP) is 3.28. The van der Waals surface area contributed by atoms with Crippen molar-refractivity contribution in [1.29, 1.82) is 0 Å². The molecule has 1 aromatic rings. The van der Waals surface area contributed by atoms with Gasteiger partial charge in [0, 0.05) is 7.11 Å². The first-order valence-corrected chi connectivity index (χ1v) is 5.06. The molecule has 0 aromatic heterocycles. The maximum Gasteiger partial charge on any atom is 0.188 e. The van der Waals surface area contributed by atoms with Gasteiger partial charge in [0.15, 0.2) is 6.79 Å². The molecule has 0 aliphatic carbocycles. The van der Waals surface area contributed by atoms with Crippen LogP contribution in [0.1, 0.15) is 18.9 Å². The van der Waals surface area contributed by atoms with E-state index in [-0.39, 0.29) is 6.79 Å². The van der Waals surface area contributed by atoms with Crippen molar-refractivity contribution in [2.24, 2.45) is 0 Å². The zero-order valence-corrected chi connectivity index (χ0v) is 9.30. The van der Waals surface area contributed by atoms with Gasteiger partial charge in [-0.3, -0.25) is 0 Å². The summed E-state index contributed by atoms with van der Waals surface area (Å²) in [6.07, 6.45) is 2.17. The van der Waals surface area contributed by atoms with Crippen molar-refractivity contribution in [3.63, 3.8) is 0 Å². The number of halogens is 1. The quantitative estimate of drug-likeness (QED) is 0.701. The topological polar surface area (TPSA) is 18.5 Å². The summed E-state index contributed by atoms with van der Waals surface area (Å²) in [6.45, 7) is 2.37. The summed E-state index contributed by atoms with van der Waals surface area (Å²) >= 11 is 6.02. The Balaban J connectivity index is 2.68. The highest BCUT2D eigenvalue weighted by Crippen LogP contribution is 2.25. The second-order valence-corrected chi connectivity index (χ2v) is 3.47. The molecule has 0 saturated heterocycles. The Bertz CT molecular complexity index is 287. The van der Waals surface area contributed by atoms with Gasteiger partial charge in [-0.15, -0.1) is 0 Å². The number of benzene rings is 1. The van der Waals surface area contributed by atoms with E-state index in [1.165, 1.54) is 5.56 Å². The average molecular weight is 215 g/mol. The molecule has 0 amide bonds. The van der Waals surface area contributed by atoms with Crippen LogP contribution in [0.2, 0.25) is 5.02 Å². The van der Waals surface area contributed by atoms with Crippen LogP contribution in [0.3, 0.4) is 0 Å². The summed E-state index contributed by atoms with van der Waals surface area (Å²) < 4.78 is 10.1. The van der Waals surface area contributed by atoms with Crippen LogP contribution in [-0.2, 0) is 11.2 Å².